The first-order valence-electron chi connectivity index (χ1n) is 13.6. The lowest BCUT2D eigenvalue weighted by Gasteiger charge is -2.36. The Morgan fingerprint density at radius 1 is 1.07 bits per heavy atom. The smallest absolute Gasteiger partial charge is 0.407 e. The number of aliphatic carboxylic acids is 1. The van der Waals surface area contributed by atoms with Crippen molar-refractivity contribution in [1.29, 1.82) is 0 Å². The number of carboxylic acids is 1. The summed E-state index contributed by atoms with van der Waals surface area (Å²) in [5.74, 6) is -5.09. The minimum Gasteiger partial charge on any atom is -0.481 e. The Labute approximate surface area is 262 Å². The molecule has 44 heavy (non-hydrogen) atoms. The normalized spacial score (nSPS) is 15.1. The first kappa shape index (κ1) is 34.5. The summed E-state index contributed by atoms with van der Waals surface area (Å²) in [6.45, 7) is 4.72. The van der Waals surface area contributed by atoms with Crippen molar-refractivity contribution in [2.24, 2.45) is 0 Å². The van der Waals surface area contributed by atoms with Gasteiger partial charge in [-0.3, -0.25) is 19.2 Å². The van der Waals surface area contributed by atoms with Crippen LogP contribution in [-0.4, -0.2) is 64.0 Å². The van der Waals surface area contributed by atoms with Gasteiger partial charge in [-0.2, -0.15) is 0 Å². The van der Waals surface area contributed by atoms with Gasteiger partial charge in [0.05, 0.1) is 22.2 Å². The number of hydrogen-bond acceptors (Lipinski definition) is 6. The van der Waals surface area contributed by atoms with Gasteiger partial charge in [-0.15, -0.1) is 0 Å². The van der Waals surface area contributed by atoms with Crippen LogP contribution in [0.15, 0.2) is 30.3 Å². The standard InChI is InChI=1S/C29H32Cl2F2N4O7/c1-29(2,3)44-28(43)34-11-10-20(26(41)35-19-7-6-18(30)24(31)25(19)33)36-27(42)21-13-16-12-17(32)5-4-15(16)14-37(21)22(38)8-9-23(39)40/h4-7,12,20-21H,8-11,13-14H2,1-3H3,(H,34,43)(H,35,41)(H,36,42)(H,39,40). The predicted molar refractivity (Wildman–Crippen MR) is 157 cm³/mol. The Bertz CT molecular complexity index is 1450. The van der Waals surface area contributed by atoms with Crippen molar-refractivity contribution < 1.29 is 42.6 Å². The molecule has 1 aliphatic rings. The van der Waals surface area contributed by atoms with Crippen LogP contribution in [0.3, 0.4) is 0 Å². The zero-order valence-electron chi connectivity index (χ0n) is 24.1. The molecule has 1 heterocycles. The van der Waals surface area contributed by atoms with Crippen molar-refractivity contribution in [1.82, 2.24) is 15.5 Å². The predicted octanol–water partition coefficient (Wildman–Crippen LogP) is 4.43. The Morgan fingerprint density at radius 3 is 2.43 bits per heavy atom. The minimum absolute atomic E-state index is 0.0877. The number of amides is 4. The zero-order valence-corrected chi connectivity index (χ0v) is 25.7. The molecule has 4 amide bonds. The summed E-state index contributed by atoms with van der Waals surface area (Å²) in [4.78, 5) is 64.4. The van der Waals surface area contributed by atoms with Crippen molar-refractivity contribution in [2.75, 3.05) is 11.9 Å². The third-order valence-electron chi connectivity index (χ3n) is 6.50. The van der Waals surface area contributed by atoms with Gasteiger partial charge in [-0.05, 0) is 62.6 Å². The average Bonchev–Trinajstić information content (AvgIpc) is 2.93. The van der Waals surface area contributed by atoms with Crippen LogP contribution >= 0.6 is 23.2 Å². The van der Waals surface area contributed by atoms with Gasteiger partial charge in [0.15, 0.2) is 5.82 Å². The highest BCUT2D eigenvalue weighted by molar-refractivity contribution is 6.42. The summed E-state index contributed by atoms with van der Waals surface area (Å²) in [5.41, 5.74) is -0.0901. The summed E-state index contributed by atoms with van der Waals surface area (Å²) in [6, 6.07) is 3.74. The lowest BCUT2D eigenvalue weighted by Crippen LogP contribution is -2.56. The molecule has 238 valence electrons. The summed E-state index contributed by atoms with van der Waals surface area (Å²) in [6.07, 6.45) is -1.96. The van der Waals surface area contributed by atoms with E-state index in [2.05, 4.69) is 16.0 Å². The molecule has 3 rings (SSSR count). The van der Waals surface area contributed by atoms with Crippen LogP contribution in [0.2, 0.25) is 10.0 Å². The number of anilines is 1. The number of halogens is 4. The second-order valence-corrected chi connectivity index (χ2v) is 11.8. The monoisotopic (exact) mass is 656 g/mol. The van der Waals surface area contributed by atoms with Gasteiger partial charge < -0.3 is 30.7 Å². The van der Waals surface area contributed by atoms with Crippen LogP contribution in [0.1, 0.15) is 51.2 Å². The molecule has 0 bridgehead atoms. The molecule has 15 heteroatoms. The van der Waals surface area contributed by atoms with E-state index in [9.17, 15) is 32.8 Å². The summed E-state index contributed by atoms with van der Waals surface area (Å²) >= 11 is 11.7. The third-order valence-corrected chi connectivity index (χ3v) is 7.28. The van der Waals surface area contributed by atoms with E-state index in [0.29, 0.717) is 11.1 Å². The number of ether oxygens (including phenoxy) is 1. The largest absolute Gasteiger partial charge is 0.481 e. The number of alkyl carbamates (subject to hydrolysis) is 1. The molecule has 1 aliphatic heterocycles. The number of benzene rings is 2. The average molecular weight is 657 g/mol. The van der Waals surface area contributed by atoms with E-state index < -0.39 is 77.0 Å². The molecular weight excluding hydrogens is 625 g/mol. The van der Waals surface area contributed by atoms with E-state index in [1.165, 1.54) is 35.2 Å². The molecule has 2 aromatic rings. The highest BCUT2D eigenvalue weighted by Gasteiger charge is 2.36. The van der Waals surface area contributed by atoms with E-state index >= 15 is 0 Å². The third kappa shape index (κ3) is 9.52. The van der Waals surface area contributed by atoms with Crippen LogP contribution in [0.4, 0.5) is 19.3 Å². The maximum Gasteiger partial charge on any atom is 0.407 e. The second-order valence-electron chi connectivity index (χ2n) is 11.0. The summed E-state index contributed by atoms with van der Waals surface area (Å²) < 4.78 is 33.9. The lowest BCUT2D eigenvalue weighted by molar-refractivity contribution is -0.145. The minimum atomic E-state index is -1.38. The molecular formula is C29H32Cl2F2N4O7. The molecule has 0 fully saturated rings. The van der Waals surface area contributed by atoms with Crippen LogP contribution in [-0.2, 0) is 36.9 Å². The molecule has 11 nitrogen and oxygen atoms in total. The summed E-state index contributed by atoms with van der Waals surface area (Å²) in [5, 5.41) is 15.9. The van der Waals surface area contributed by atoms with E-state index in [-0.39, 0.29) is 36.6 Å². The number of fused-ring (bicyclic) bond motifs is 1. The van der Waals surface area contributed by atoms with Crippen molar-refractivity contribution in [3.05, 3.63) is 63.1 Å². The quantitative estimate of drug-likeness (QED) is 0.276. The Morgan fingerprint density at radius 2 is 1.77 bits per heavy atom. The van der Waals surface area contributed by atoms with E-state index in [4.69, 9.17) is 33.0 Å². The molecule has 0 radical (unpaired) electrons. The molecule has 0 aliphatic carbocycles. The molecule has 2 aromatic carbocycles. The Balaban J connectivity index is 1.86. The van der Waals surface area contributed by atoms with Gasteiger partial charge in [-0.1, -0.05) is 29.3 Å². The molecule has 2 unspecified atom stereocenters. The lowest BCUT2D eigenvalue weighted by atomic mass is 9.92. The van der Waals surface area contributed by atoms with Gasteiger partial charge in [-0.25, -0.2) is 13.6 Å². The van der Waals surface area contributed by atoms with Crippen molar-refractivity contribution >= 4 is 58.7 Å². The fraction of sp³-hybridized carbons (Fsp3) is 0.414. The number of carbonyl (C=O) groups is 5. The van der Waals surface area contributed by atoms with E-state index in [1.54, 1.807) is 20.8 Å². The number of hydrogen-bond donors (Lipinski definition) is 4. The van der Waals surface area contributed by atoms with Crippen LogP contribution in [0.5, 0.6) is 0 Å². The highest BCUT2D eigenvalue weighted by Crippen LogP contribution is 2.30. The number of nitrogens with one attached hydrogen (secondary N) is 3. The molecule has 0 spiro atoms. The fourth-order valence-corrected chi connectivity index (χ4v) is 4.73. The van der Waals surface area contributed by atoms with Crippen molar-refractivity contribution in [3.63, 3.8) is 0 Å². The number of carbonyl (C=O) groups excluding carboxylic acids is 4. The Kier molecular flexibility index (Phi) is 11.5. The highest BCUT2D eigenvalue weighted by atomic mass is 35.5. The van der Waals surface area contributed by atoms with Gasteiger partial charge in [0, 0.05) is 25.9 Å². The van der Waals surface area contributed by atoms with Gasteiger partial charge in [0.25, 0.3) is 0 Å². The van der Waals surface area contributed by atoms with Crippen LogP contribution < -0.4 is 16.0 Å². The van der Waals surface area contributed by atoms with Gasteiger partial charge in [0.1, 0.15) is 23.5 Å². The summed E-state index contributed by atoms with van der Waals surface area (Å²) in [7, 11) is 0. The second kappa shape index (κ2) is 14.7. The Hall–Kier alpha value is -3.97. The maximum absolute atomic E-state index is 14.7. The maximum atomic E-state index is 14.7. The number of rotatable bonds is 10. The number of nitrogens with zero attached hydrogens (tertiary/aromatic N) is 1. The molecule has 4 N–H and O–H groups in total. The van der Waals surface area contributed by atoms with Crippen molar-refractivity contribution in [3.8, 4) is 0 Å². The van der Waals surface area contributed by atoms with Crippen LogP contribution in [0, 0.1) is 11.6 Å². The van der Waals surface area contributed by atoms with Crippen molar-refractivity contribution in [2.45, 2.75) is 70.7 Å². The van der Waals surface area contributed by atoms with Gasteiger partial charge >= 0.3 is 12.1 Å². The molecule has 0 aromatic heterocycles. The van der Waals surface area contributed by atoms with Crippen LogP contribution in [0.25, 0.3) is 0 Å². The van der Waals surface area contributed by atoms with E-state index in [0.717, 1.165) is 0 Å². The SMILES string of the molecule is CC(C)(C)OC(=O)NCCC(NC(=O)C1Cc2cc(F)ccc2CN1C(=O)CCC(=O)O)C(=O)Nc1ccc(Cl)c(Cl)c1F. The fourth-order valence-electron chi connectivity index (χ4n) is 4.42. The molecule has 0 saturated heterocycles. The molecule has 2 atom stereocenters. The van der Waals surface area contributed by atoms with Gasteiger partial charge in [0.2, 0.25) is 17.7 Å². The first-order chi connectivity index (χ1) is 20.6. The first-order valence-corrected chi connectivity index (χ1v) is 14.3. The number of carboxylic acid groups (broad SMARTS) is 1. The topological polar surface area (TPSA) is 154 Å². The zero-order chi connectivity index (χ0) is 32.8. The molecule has 0 saturated carbocycles. The van der Waals surface area contributed by atoms with E-state index in [1.807, 2.05) is 0 Å².